The van der Waals surface area contributed by atoms with Gasteiger partial charge >= 0.3 is 5.97 Å². The first-order valence-corrected chi connectivity index (χ1v) is 4.73. The Morgan fingerprint density at radius 2 is 2.20 bits per heavy atom. The Hall–Kier alpha value is -1.76. The van der Waals surface area contributed by atoms with Crippen molar-refractivity contribution in [2.75, 3.05) is 0 Å². The summed E-state index contributed by atoms with van der Waals surface area (Å²) in [6, 6.07) is 4.72. The van der Waals surface area contributed by atoms with Gasteiger partial charge in [-0.1, -0.05) is 15.9 Å². The molecule has 7 heteroatoms. The van der Waals surface area contributed by atoms with Crippen LogP contribution in [0.3, 0.4) is 0 Å². The standard InChI is InChI=1S/C8H5BrN4O2/c9-6-1-5(8(14)15)2-7(3-6)13-4-10-11-12-13/h1-4H,(H,14,15). The quantitative estimate of drug-likeness (QED) is 0.883. The maximum Gasteiger partial charge on any atom is 0.335 e. The highest BCUT2D eigenvalue weighted by molar-refractivity contribution is 9.10. The predicted octanol–water partition coefficient (Wildman–Crippen LogP) is 1.12. The van der Waals surface area contributed by atoms with Crippen LogP contribution in [0, 0.1) is 0 Å². The number of carboxylic acid groups (broad SMARTS) is 1. The highest BCUT2D eigenvalue weighted by Crippen LogP contribution is 2.18. The van der Waals surface area contributed by atoms with E-state index in [1.807, 2.05) is 0 Å². The van der Waals surface area contributed by atoms with E-state index in [2.05, 4.69) is 31.5 Å². The number of aromatic nitrogens is 4. The molecule has 0 unspecified atom stereocenters. The third-order valence-electron chi connectivity index (χ3n) is 1.74. The van der Waals surface area contributed by atoms with E-state index in [-0.39, 0.29) is 5.56 Å². The molecule has 76 valence electrons. The van der Waals surface area contributed by atoms with Crippen molar-refractivity contribution < 1.29 is 9.90 Å². The highest BCUT2D eigenvalue weighted by atomic mass is 79.9. The van der Waals surface area contributed by atoms with Gasteiger partial charge in [-0.3, -0.25) is 0 Å². The van der Waals surface area contributed by atoms with E-state index in [1.165, 1.54) is 23.1 Å². The number of hydrogen-bond donors (Lipinski definition) is 1. The molecule has 0 aliphatic heterocycles. The third-order valence-corrected chi connectivity index (χ3v) is 2.20. The van der Waals surface area contributed by atoms with Gasteiger partial charge in [0, 0.05) is 4.47 Å². The lowest BCUT2D eigenvalue weighted by Gasteiger charge is -2.02. The van der Waals surface area contributed by atoms with Crippen LogP contribution in [-0.4, -0.2) is 31.3 Å². The summed E-state index contributed by atoms with van der Waals surface area (Å²) in [6.07, 6.45) is 1.40. The van der Waals surface area contributed by atoms with E-state index in [9.17, 15) is 4.79 Å². The van der Waals surface area contributed by atoms with Crippen molar-refractivity contribution in [3.8, 4) is 5.69 Å². The zero-order chi connectivity index (χ0) is 10.8. The average molecular weight is 269 g/mol. The lowest BCUT2D eigenvalue weighted by molar-refractivity contribution is 0.0697. The molecule has 1 aromatic carbocycles. The molecule has 1 aromatic heterocycles. The molecule has 0 bridgehead atoms. The van der Waals surface area contributed by atoms with Crippen LogP contribution in [-0.2, 0) is 0 Å². The maximum atomic E-state index is 10.8. The largest absolute Gasteiger partial charge is 0.478 e. The second kappa shape index (κ2) is 3.77. The van der Waals surface area contributed by atoms with Gasteiger partial charge in [0.15, 0.2) is 0 Å². The number of halogens is 1. The smallest absolute Gasteiger partial charge is 0.335 e. The molecular formula is C8H5BrN4O2. The van der Waals surface area contributed by atoms with Crippen molar-refractivity contribution in [1.82, 2.24) is 20.2 Å². The van der Waals surface area contributed by atoms with Gasteiger partial charge in [0.05, 0.1) is 11.3 Å². The first-order valence-electron chi connectivity index (χ1n) is 3.94. The summed E-state index contributed by atoms with van der Waals surface area (Å²) in [7, 11) is 0. The Morgan fingerprint density at radius 3 is 2.80 bits per heavy atom. The number of nitrogens with zero attached hydrogens (tertiary/aromatic N) is 4. The molecule has 1 heterocycles. The number of carbonyl (C=O) groups is 1. The molecular weight excluding hydrogens is 264 g/mol. The van der Waals surface area contributed by atoms with Crippen LogP contribution in [0.2, 0.25) is 0 Å². The molecule has 0 fully saturated rings. The Kier molecular flexibility index (Phi) is 2.46. The van der Waals surface area contributed by atoms with Crippen LogP contribution in [0.1, 0.15) is 10.4 Å². The maximum absolute atomic E-state index is 10.8. The number of carboxylic acids is 1. The zero-order valence-corrected chi connectivity index (χ0v) is 8.92. The molecule has 0 atom stereocenters. The van der Waals surface area contributed by atoms with Gasteiger partial charge < -0.3 is 5.11 Å². The average Bonchev–Trinajstić information content (AvgIpc) is 2.69. The van der Waals surface area contributed by atoms with Gasteiger partial charge in [-0.15, -0.1) is 5.10 Å². The summed E-state index contributed by atoms with van der Waals surface area (Å²) in [5, 5.41) is 19.5. The lowest BCUT2D eigenvalue weighted by Crippen LogP contribution is -2.01. The number of aromatic carboxylic acids is 1. The van der Waals surface area contributed by atoms with Crippen molar-refractivity contribution in [2.45, 2.75) is 0 Å². The van der Waals surface area contributed by atoms with Crippen molar-refractivity contribution in [1.29, 1.82) is 0 Å². The second-order valence-corrected chi connectivity index (χ2v) is 3.67. The SMILES string of the molecule is O=C(O)c1cc(Br)cc(-n2cnnn2)c1. The number of rotatable bonds is 2. The van der Waals surface area contributed by atoms with Crippen LogP contribution < -0.4 is 0 Å². The Balaban J connectivity index is 2.54. The molecule has 0 spiro atoms. The van der Waals surface area contributed by atoms with E-state index in [1.54, 1.807) is 6.07 Å². The van der Waals surface area contributed by atoms with Gasteiger partial charge in [0.1, 0.15) is 6.33 Å². The van der Waals surface area contributed by atoms with Crippen molar-refractivity contribution in [3.63, 3.8) is 0 Å². The van der Waals surface area contributed by atoms with Crippen LogP contribution in [0.15, 0.2) is 29.0 Å². The monoisotopic (exact) mass is 268 g/mol. The minimum atomic E-state index is -0.995. The zero-order valence-electron chi connectivity index (χ0n) is 7.33. The highest BCUT2D eigenvalue weighted by Gasteiger charge is 2.07. The molecule has 6 nitrogen and oxygen atoms in total. The van der Waals surface area contributed by atoms with E-state index in [0.717, 1.165) is 0 Å². The van der Waals surface area contributed by atoms with Crippen molar-refractivity contribution >= 4 is 21.9 Å². The second-order valence-electron chi connectivity index (χ2n) is 2.76. The first-order chi connectivity index (χ1) is 7.16. The summed E-state index contributed by atoms with van der Waals surface area (Å²) < 4.78 is 2.05. The van der Waals surface area contributed by atoms with Crippen LogP contribution in [0.4, 0.5) is 0 Å². The summed E-state index contributed by atoms with van der Waals surface area (Å²) in [4.78, 5) is 10.8. The lowest BCUT2D eigenvalue weighted by atomic mass is 10.2. The Morgan fingerprint density at radius 1 is 1.40 bits per heavy atom. The normalized spacial score (nSPS) is 10.2. The predicted molar refractivity (Wildman–Crippen MR) is 53.8 cm³/mol. The summed E-state index contributed by atoms with van der Waals surface area (Å²) in [5.74, 6) is -0.995. The molecule has 0 saturated heterocycles. The Labute approximate surface area is 92.7 Å². The third kappa shape index (κ3) is 2.01. The molecule has 1 N–H and O–H groups in total. The summed E-state index contributed by atoms with van der Waals surface area (Å²) in [6.45, 7) is 0. The van der Waals surface area contributed by atoms with Crippen LogP contribution >= 0.6 is 15.9 Å². The van der Waals surface area contributed by atoms with Crippen molar-refractivity contribution in [2.24, 2.45) is 0 Å². The van der Waals surface area contributed by atoms with Gasteiger partial charge in [-0.25, -0.2) is 9.48 Å². The summed E-state index contributed by atoms with van der Waals surface area (Å²) >= 11 is 3.22. The van der Waals surface area contributed by atoms with E-state index >= 15 is 0 Å². The first kappa shape index (κ1) is 9.78. The number of hydrogen-bond acceptors (Lipinski definition) is 4. The fourth-order valence-corrected chi connectivity index (χ4v) is 1.59. The minimum absolute atomic E-state index is 0.176. The van der Waals surface area contributed by atoms with Gasteiger partial charge in [0.25, 0.3) is 0 Å². The van der Waals surface area contributed by atoms with Crippen molar-refractivity contribution in [3.05, 3.63) is 34.6 Å². The number of tetrazole rings is 1. The molecule has 0 aliphatic carbocycles. The molecule has 2 rings (SSSR count). The summed E-state index contributed by atoms with van der Waals surface area (Å²) in [5.41, 5.74) is 0.765. The van der Waals surface area contributed by atoms with Gasteiger partial charge in [-0.05, 0) is 28.6 Å². The number of benzene rings is 1. The van der Waals surface area contributed by atoms with Crippen LogP contribution in [0.25, 0.3) is 5.69 Å². The van der Waals surface area contributed by atoms with Crippen LogP contribution in [0.5, 0.6) is 0 Å². The fraction of sp³-hybridized carbons (Fsp3) is 0. The topological polar surface area (TPSA) is 80.9 Å². The van der Waals surface area contributed by atoms with Gasteiger partial charge in [0.2, 0.25) is 0 Å². The van der Waals surface area contributed by atoms with E-state index in [4.69, 9.17) is 5.11 Å². The van der Waals surface area contributed by atoms with E-state index in [0.29, 0.717) is 10.2 Å². The molecule has 0 amide bonds. The van der Waals surface area contributed by atoms with E-state index < -0.39 is 5.97 Å². The molecule has 0 aliphatic rings. The molecule has 15 heavy (non-hydrogen) atoms. The molecule has 0 radical (unpaired) electrons. The Bertz CT molecular complexity index is 497. The fourth-order valence-electron chi connectivity index (χ4n) is 1.11. The van der Waals surface area contributed by atoms with Gasteiger partial charge in [-0.2, -0.15) is 0 Å². The molecule has 2 aromatic rings. The minimum Gasteiger partial charge on any atom is -0.478 e. The molecule has 0 saturated carbocycles.